The number of halogens is 1. The lowest BCUT2D eigenvalue weighted by Gasteiger charge is -2.14. The molecule has 1 aromatic rings. The summed E-state index contributed by atoms with van der Waals surface area (Å²) in [5, 5.41) is 0. The van der Waals surface area contributed by atoms with Gasteiger partial charge in [0.2, 0.25) is 0 Å². The van der Waals surface area contributed by atoms with Gasteiger partial charge in [-0.15, -0.1) is 6.42 Å². The Morgan fingerprint density at radius 2 is 1.60 bits per heavy atom. The first-order chi connectivity index (χ1) is 6.97. The van der Waals surface area contributed by atoms with Gasteiger partial charge in [0.05, 0.1) is 0 Å². The molecule has 0 N–H and O–H groups in total. The summed E-state index contributed by atoms with van der Waals surface area (Å²) in [5.74, 6) is 2.91. The van der Waals surface area contributed by atoms with E-state index in [9.17, 15) is 4.39 Å². The van der Waals surface area contributed by atoms with Crippen molar-refractivity contribution in [3.63, 3.8) is 0 Å². The molecule has 0 radical (unpaired) electrons. The highest BCUT2D eigenvalue weighted by atomic mass is 19.1. The Morgan fingerprint density at radius 3 is 2.00 bits per heavy atom. The van der Waals surface area contributed by atoms with Gasteiger partial charge in [0.15, 0.2) is 0 Å². The van der Waals surface area contributed by atoms with E-state index in [1.54, 1.807) is 12.1 Å². The topological polar surface area (TPSA) is 0 Å². The molecule has 0 bridgehead atoms. The summed E-state index contributed by atoms with van der Waals surface area (Å²) < 4.78 is 13.7. The van der Waals surface area contributed by atoms with Crippen LogP contribution < -0.4 is 0 Å². The van der Waals surface area contributed by atoms with E-state index < -0.39 is 0 Å². The van der Waals surface area contributed by atoms with E-state index in [0.717, 1.165) is 11.1 Å². The van der Waals surface area contributed by atoms with Crippen LogP contribution in [0, 0.1) is 18.2 Å². The number of rotatable bonds is 2. The molecule has 0 unspecified atom stereocenters. The molecule has 0 aromatic heterocycles. The monoisotopic (exact) mass is 204 g/mol. The fraction of sp³-hybridized carbons (Fsp3) is 0.429. The molecule has 0 spiro atoms. The second-order valence-corrected chi connectivity index (χ2v) is 4.41. The van der Waals surface area contributed by atoms with E-state index in [2.05, 4.69) is 5.92 Å². The van der Waals surface area contributed by atoms with Gasteiger partial charge in [0, 0.05) is 5.56 Å². The highest BCUT2D eigenvalue weighted by Crippen LogP contribution is 2.26. The zero-order valence-corrected chi connectivity index (χ0v) is 9.76. The average molecular weight is 204 g/mol. The minimum absolute atomic E-state index is 0.146. The third kappa shape index (κ3) is 2.39. The van der Waals surface area contributed by atoms with E-state index in [-0.39, 0.29) is 17.7 Å². The Morgan fingerprint density at radius 1 is 1.07 bits per heavy atom. The first kappa shape index (κ1) is 11.8. The predicted octanol–water partition coefficient (Wildman–Crippen LogP) is 4.05. The molecule has 80 valence electrons. The van der Waals surface area contributed by atoms with Gasteiger partial charge in [-0.2, -0.15) is 0 Å². The zero-order valence-electron chi connectivity index (χ0n) is 9.76. The summed E-state index contributed by atoms with van der Waals surface area (Å²) in [5.41, 5.74) is 2.43. The number of hydrogen-bond acceptors (Lipinski definition) is 0. The summed E-state index contributed by atoms with van der Waals surface area (Å²) >= 11 is 0. The van der Waals surface area contributed by atoms with Gasteiger partial charge in [-0.25, -0.2) is 4.39 Å². The largest absolute Gasteiger partial charge is 0.207 e. The van der Waals surface area contributed by atoms with E-state index in [1.165, 1.54) is 0 Å². The van der Waals surface area contributed by atoms with E-state index in [4.69, 9.17) is 6.42 Å². The van der Waals surface area contributed by atoms with Crippen LogP contribution in [0.15, 0.2) is 12.1 Å². The third-order valence-corrected chi connectivity index (χ3v) is 2.57. The maximum Gasteiger partial charge on any atom is 0.127 e. The van der Waals surface area contributed by atoms with Crippen LogP contribution in [-0.2, 0) is 0 Å². The molecule has 0 aliphatic rings. The van der Waals surface area contributed by atoms with Crippen LogP contribution in [0.25, 0.3) is 0 Å². The first-order valence-corrected chi connectivity index (χ1v) is 5.27. The van der Waals surface area contributed by atoms with Crippen molar-refractivity contribution < 1.29 is 4.39 Å². The Balaban J connectivity index is 3.37. The fourth-order valence-corrected chi connectivity index (χ4v) is 1.65. The van der Waals surface area contributed by atoms with Crippen LogP contribution in [0.5, 0.6) is 0 Å². The van der Waals surface area contributed by atoms with Gasteiger partial charge in [0.25, 0.3) is 0 Å². The zero-order chi connectivity index (χ0) is 11.6. The highest BCUT2D eigenvalue weighted by Gasteiger charge is 2.13. The fourth-order valence-electron chi connectivity index (χ4n) is 1.65. The second kappa shape index (κ2) is 4.49. The van der Waals surface area contributed by atoms with Crippen molar-refractivity contribution in [2.75, 3.05) is 0 Å². The minimum atomic E-state index is -0.146. The van der Waals surface area contributed by atoms with Gasteiger partial charge in [0.1, 0.15) is 5.82 Å². The average Bonchev–Trinajstić information content (AvgIpc) is 2.16. The second-order valence-electron chi connectivity index (χ2n) is 4.41. The molecule has 0 amide bonds. The molecule has 0 saturated carbocycles. The van der Waals surface area contributed by atoms with Crippen LogP contribution in [0.1, 0.15) is 56.2 Å². The summed E-state index contributed by atoms with van der Waals surface area (Å²) in [6, 6.07) is 3.38. The predicted molar refractivity (Wildman–Crippen MR) is 62.5 cm³/mol. The van der Waals surface area contributed by atoms with Crippen LogP contribution in [-0.4, -0.2) is 0 Å². The number of benzene rings is 1. The first-order valence-electron chi connectivity index (χ1n) is 5.27. The molecule has 0 atom stereocenters. The SMILES string of the molecule is C#Cc1cc(C(C)C)c(F)cc1C(C)C. The van der Waals surface area contributed by atoms with Crippen molar-refractivity contribution in [3.05, 3.63) is 34.6 Å². The molecule has 0 aliphatic heterocycles. The van der Waals surface area contributed by atoms with Crippen molar-refractivity contribution in [1.82, 2.24) is 0 Å². The van der Waals surface area contributed by atoms with E-state index in [1.807, 2.05) is 27.7 Å². The molecule has 0 fully saturated rings. The number of terminal acetylenes is 1. The van der Waals surface area contributed by atoms with Crippen LogP contribution in [0.3, 0.4) is 0 Å². The Kier molecular flexibility index (Phi) is 3.52. The maximum absolute atomic E-state index is 13.7. The third-order valence-electron chi connectivity index (χ3n) is 2.57. The minimum Gasteiger partial charge on any atom is -0.207 e. The summed E-state index contributed by atoms with van der Waals surface area (Å²) in [7, 11) is 0. The molecular formula is C14H17F. The lowest BCUT2D eigenvalue weighted by atomic mass is 9.92. The van der Waals surface area contributed by atoms with Crippen molar-refractivity contribution >= 4 is 0 Å². The van der Waals surface area contributed by atoms with Crippen molar-refractivity contribution in [2.45, 2.75) is 39.5 Å². The quantitative estimate of drug-likeness (QED) is 0.637. The Labute approximate surface area is 91.5 Å². The van der Waals surface area contributed by atoms with Gasteiger partial charge in [-0.05, 0) is 35.1 Å². The lowest BCUT2D eigenvalue weighted by Crippen LogP contribution is -2.00. The van der Waals surface area contributed by atoms with Gasteiger partial charge in [-0.1, -0.05) is 33.6 Å². The van der Waals surface area contributed by atoms with Gasteiger partial charge >= 0.3 is 0 Å². The standard InChI is InChI=1S/C14H17F/c1-6-11-7-13(10(4)5)14(15)8-12(11)9(2)3/h1,7-10H,2-5H3. The molecule has 0 heterocycles. The van der Waals surface area contributed by atoms with Crippen LogP contribution in [0.4, 0.5) is 4.39 Å². The Bertz CT molecular complexity index is 395. The molecular weight excluding hydrogens is 187 g/mol. The summed E-state index contributed by atoms with van der Waals surface area (Å²) in [6.07, 6.45) is 5.44. The van der Waals surface area contributed by atoms with Gasteiger partial charge < -0.3 is 0 Å². The van der Waals surface area contributed by atoms with Crippen LogP contribution >= 0.6 is 0 Å². The van der Waals surface area contributed by atoms with Gasteiger partial charge in [-0.3, -0.25) is 0 Å². The highest BCUT2D eigenvalue weighted by molar-refractivity contribution is 5.45. The van der Waals surface area contributed by atoms with Crippen molar-refractivity contribution in [3.8, 4) is 12.3 Å². The molecule has 0 aliphatic carbocycles. The normalized spacial score (nSPS) is 10.8. The number of hydrogen-bond donors (Lipinski definition) is 0. The van der Waals surface area contributed by atoms with E-state index in [0.29, 0.717) is 5.56 Å². The summed E-state index contributed by atoms with van der Waals surface area (Å²) in [4.78, 5) is 0. The molecule has 15 heavy (non-hydrogen) atoms. The Hall–Kier alpha value is -1.29. The van der Waals surface area contributed by atoms with Crippen molar-refractivity contribution in [1.29, 1.82) is 0 Å². The summed E-state index contributed by atoms with van der Waals surface area (Å²) in [6.45, 7) is 7.97. The molecule has 1 aromatic carbocycles. The maximum atomic E-state index is 13.7. The molecule has 1 rings (SSSR count). The molecule has 0 nitrogen and oxygen atoms in total. The van der Waals surface area contributed by atoms with E-state index >= 15 is 0 Å². The smallest absolute Gasteiger partial charge is 0.127 e. The van der Waals surface area contributed by atoms with Crippen molar-refractivity contribution in [2.24, 2.45) is 0 Å². The lowest BCUT2D eigenvalue weighted by molar-refractivity contribution is 0.594. The molecule has 1 heteroatoms. The van der Waals surface area contributed by atoms with Crippen LogP contribution in [0.2, 0.25) is 0 Å². The molecule has 0 saturated heterocycles.